The van der Waals surface area contributed by atoms with Crippen LogP contribution in [0.1, 0.15) is 18.4 Å². The molecule has 0 aliphatic carbocycles. The molecule has 3 rings (SSSR count). The summed E-state index contributed by atoms with van der Waals surface area (Å²) < 4.78 is 5.17. The van der Waals surface area contributed by atoms with Crippen LogP contribution in [0.4, 0.5) is 10.5 Å². The number of ether oxygens (including phenoxy) is 1. The lowest BCUT2D eigenvalue weighted by atomic mass is 10.1. The van der Waals surface area contributed by atoms with Gasteiger partial charge in [-0.2, -0.15) is 0 Å². The fourth-order valence-corrected chi connectivity index (χ4v) is 3.27. The van der Waals surface area contributed by atoms with Crippen molar-refractivity contribution in [2.75, 3.05) is 25.5 Å². The molecule has 6 heteroatoms. The number of rotatable bonds is 6. The lowest BCUT2D eigenvalue weighted by Crippen LogP contribution is -2.47. The van der Waals surface area contributed by atoms with Crippen LogP contribution in [0, 0.1) is 0 Å². The van der Waals surface area contributed by atoms with Crippen LogP contribution in [0.25, 0.3) is 0 Å². The quantitative estimate of drug-likeness (QED) is 0.824. The number of carbonyl (C=O) groups is 2. The van der Waals surface area contributed by atoms with Crippen LogP contribution < -0.4 is 15.4 Å². The minimum atomic E-state index is -0.425. The molecule has 1 aliphatic rings. The first-order valence-electron chi connectivity index (χ1n) is 9.20. The SMILES string of the molecule is COc1cccc(NC(=O)N2CCC[C@@H]2C(=O)NCCc2ccccc2)c1. The van der Waals surface area contributed by atoms with Gasteiger partial charge in [0.05, 0.1) is 7.11 Å². The van der Waals surface area contributed by atoms with E-state index in [1.54, 1.807) is 24.1 Å². The van der Waals surface area contributed by atoms with Crippen molar-refractivity contribution in [3.8, 4) is 5.75 Å². The zero-order valence-corrected chi connectivity index (χ0v) is 15.5. The molecule has 0 bridgehead atoms. The Morgan fingerprint density at radius 3 is 2.74 bits per heavy atom. The van der Waals surface area contributed by atoms with Gasteiger partial charge in [0.15, 0.2) is 0 Å². The average Bonchev–Trinajstić information content (AvgIpc) is 3.19. The van der Waals surface area contributed by atoms with E-state index in [9.17, 15) is 9.59 Å². The fraction of sp³-hybridized carbons (Fsp3) is 0.333. The molecule has 2 N–H and O–H groups in total. The Labute approximate surface area is 159 Å². The highest BCUT2D eigenvalue weighted by molar-refractivity contribution is 5.94. The van der Waals surface area contributed by atoms with E-state index in [2.05, 4.69) is 10.6 Å². The van der Waals surface area contributed by atoms with Crippen LogP contribution in [0.5, 0.6) is 5.75 Å². The normalized spacial score (nSPS) is 16.0. The lowest BCUT2D eigenvalue weighted by molar-refractivity contribution is -0.124. The Hall–Kier alpha value is -3.02. The Bertz CT molecular complexity index is 779. The molecule has 0 radical (unpaired) electrons. The topological polar surface area (TPSA) is 70.7 Å². The van der Waals surface area contributed by atoms with Crippen LogP contribution in [0.3, 0.4) is 0 Å². The Balaban J connectivity index is 1.53. The molecule has 0 aromatic heterocycles. The fourth-order valence-electron chi connectivity index (χ4n) is 3.27. The third-order valence-corrected chi connectivity index (χ3v) is 4.69. The van der Waals surface area contributed by atoms with Gasteiger partial charge in [0.1, 0.15) is 11.8 Å². The van der Waals surface area contributed by atoms with Gasteiger partial charge in [0, 0.05) is 24.8 Å². The third-order valence-electron chi connectivity index (χ3n) is 4.69. The first-order chi connectivity index (χ1) is 13.2. The molecular formula is C21H25N3O3. The molecule has 1 heterocycles. The number of anilines is 1. The van der Waals surface area contributed by atoms with E-state index < -0.39 is 6.04 Å². The molecule has 0 unspecified atom stereocenters. The largest absolute Gasteiger partial charge is 0.497 e. The van der Waals surface area contributed by atoms with Crippen LogP contribution in [-0.4, -0.2) is 43.1 Å². The second-order valence-electron chi connectivity index (χ2n) is 6.54. The molecule has 6 nitrogen and oxygen atoms in total. The highest BCUT2D eigenvalue weighted by Crippen LogP contribution is 2.21. The van der Waals surface area contributed by atoms with Gasteiger partial charge in [0.25, 0.3) is 0 Å². The summed E-state index contributed by atoms with van der Waals surface area (Å²) in [4.78, 5) is 26.8. The predicted molar refractivity (Wildman–Crippen MR) is 105 cm³/mol. The van der Waals surface area contributed by atoms with Gasteiger partial charge in [-0.3, -0.25) is 4.79 Å². The summed E-state index contributed by atoms with van der Waals surface area (Å²) in [5.41, 5.74) is 1.83. The number of amides is 3. The summed E-state index contributed by atoms with van der Waals surface area (Å²) in [7, 11) is 1.58. The van der Waals surface area contributed by atoms with Crippen LogP contribution in [-0.2, 0) is 11.2 Å². The van der Waals surface area contributed by atoms with E-state index in [1.807, 2.05) is 42.5 Å². The smallest absolute Gasteiger partial charge is 0.322 e. The summed E-state index contributed by atoms with van der Waals surface area (Å²) in [5.74, 6) is 0.577. The molecule has 3 amide bonds. The van der Waals surface area contributed by atoms with Crippen molar-refractivity contribution in [2.45, 2.75) is 25.3 Å². The van der Waals surface area contributed by atoms with Crippen molar-refractivity contribution in [3.05, 3.63) is 60.2 Å². The minimum absolute atomic E-state index is 0.0933. The highest BCUT2D eigenvalue weighted by atomic mass is 16.5. The van der Waals surface area contributed by atoms with Crippen LogP contribution in [0.15, 0.2) is 54.6 Å². The number of urea groups is 1. The second kappa shape index (κ2) is 9.07. The number of nitrogens with one attached hydrogen (secondary N) is 2. The minimum Gasteiger partial charge on any atom is -0.497 e. The molecule has 1 saturated heterocycles. The maximum Gasteiger partial charge on any atom is 0.322 e. The number of hydrogen-bond donors (Lipinski definition) is 2. The molecule has 1 aliphatic heterocycles. The number of nitrogens with zero attached hydrogens (tertiary/aromatic N) is 1. The molecule has 2 aromatic carbocycles. The first-order valence-corrected chi connectivity index (χ1v) is 9.20. The van der Waals surface area contributed by atoms with Crippen molar-refractivity contribution in [1.82, 2.24) is 10.2 Å². The molecule has 0 spiro atoms. The molecule has 2 aromatic rings. The molecular weight excluding hydrogens is 342 g/mol. The summed E-state index contributed by atoms with van der Waals surface area (Å²) >= 11 is 0. The first kappa shape index (κ1) is 18.8. The maximum atomic E-state index is 12.6. The Morgan fingerprint density at radius 2 is 1.96 bits per heavy atom. The summed E-state index contributed by atoms with van der Waals surface area (Å²) in [6.45, 7) is 1.14. The summed E-state index contributed by atoms with van der Waals surface area (Å²) in [6.07, 6.45) is 2.28. The van der Waals surface area contributed by atoms with E-state index >= 15 is 0 Å². The van der Waals surface area contributed by atoms with E-state index in [0.29, 0.717) is 30.9 Å². The van der Waals surface area contributed by atoms with Gasteiger partial charge in [-0.25, -0.2) is 4.79 Å². The number of hydrogen-bond acceptors (Lipinski definition) is 3. The molecule has 142 valence electrons. The standard InChI is InChI=1S/C21H25N3O3/c1-27-18-10-5-9-17(15-18)23-21(26)24-14-6-11-19(24)20(25)22-13-12-16-7-3-2-4-8-16/h2-5,7-10,15,19H,6,11-14H2,1H3,(H,22,25)(H,23,26)/t19-/m1/s1. The molecule has 1 atom stereocenters. The zero-order valence-electron chi connectivity index (χ0n) is 15.5. The monoisotopic (exact) mass is 367 g/mol. The summed E-state index contributed by atoms with van der Waals surface area (Å²) in [6, 6.07) is 16.5. The van der Waals surface area contributed by atoms with Gasteiger partial charge < -0.3 is 20.3 Å². The van der Waals surface area contributed by atoms with E-state index in [1.165, 1.54) is 5.56 Å². The number of methoxy groups -OCH3 is 1. The van der Waals surface area contributed by atoms with Crippen LogP contribution >= 0.6 is 0 Å². The molecule has 27 heavy (non-hydrogen) atoms. The van der Waals surface area contributed by atoms with E-state index in [4.69, 9.17) is 4.74 Å². The second-order valence-corrected chi connectivity index (χ2v) is 6.54. The van der Waals surface area contributed by atoms with Gasteiger partial charge in [-0.1, -0.05) is 36.4 Å². The zero-order chi connectivity index (χ0) is 19.1. The Kier molecular flexibility index (Phi) is 6.30. The van der Waals surface area contributed by atoms with Crippen LogP contribution in [0.2, 0.25) is 0 Å². The summed E-state index contributed by atoms with van der Waals surface area (Å²) in [5, 5.41) is 5.81. The lowest BCUT2D eigenvalue weighted by Gasteiger charge is -2.24. The van der Waals surface area contributed by atoms with Gasteiger partial charge in [0.2, 0.25) is 5.91 Å². The van der Waals surface area contributed by atoms with Crippen molar-refractivity contribution in [2.24, 2.45) is 0 Å². The average molecular weight is 367 g/mol. The number of likely N-dealkylation sites (tertiary alicyclic amines) is 1. The van der Waals surface area contributed by atoms with Crippen molar-refractivity contribution < 1.29 is 14.3 Å². The third kappa shape index (κ3) is 5.00. The van der Waals surface area contributed by atoms with E-state index in [-0.39, 0.29) is 11.9 Å². The van der Waals surface area contributed by atoms with Crippen molar-refractivity contribution in [1.29, 1.82) is 0 Å². The molecule has 1 fully saturated rings. The van der Waals surface area contributed by atoms with Gasteiger partial charge in [-0.15, -0.1) is 0 Å². The van der Waals surface area contributed by atoms with Gasteiger partial charge >= 0.3 is 6.03 Å². The number of benzene rings is 2. The highest BCUT2D eigenvalue weighted by Gasteiger charge is 2.33. The predicted octanol–water partition coefficient (Wildman–Crippen LogP) is 3.05. The maximum absolute atomic E-state index is 12.6. The Morgan fingerprint density at radius 1 is 1.15 bits per heavy atom. The number of carbonyl (C=O) groups excluding carboxylic acids is 2. The van der Waals surface area contributed by atoms with Crippen molar-refractivity contribution >= 4 is 17.6 Å². The van der Waals surface area contributed by atoms with E-state index in [0.717, 1.165) is 12.8 Å². The van der Waals surface area contributed by atoms with Crippen molar-refractivity contribution in [3.63, 3.8) is 0 Å². The van der Waals surface area contributed by atoms with Gasteiger partial charge in [-0.05, 0) is 37.0 Å². The molecule has 0 saturated carbocycles.